The highest BCUT2D eigenvalue weighted by molar-refractivity contribution is 7.99. The maximum atomic E-state index is 12.2. The van der Waals surface area contributed by atoms with Gasteiger partial charge in [-0.3, -0.25) is 10.1 Å². The number of hydrogen-bond donors (Lipinski definition) is 1. The molecule has 1 aliphatic rings. The number of carbonyl (C=O) groups is 1. The van der Waals surface area contributed by atoms with Crippen molar-refractivity contribution in [3.8, 4) is 0 Å². The number of amides is 1. The Morgan fingerprint density at radius 1 is 1.35 bits per heavy atom. The van der Waals surface area contributed by atoms with Gasteiger partial charge >= 0.3 is 0 Å². The first-order valence-corrected chi connectivity index (χ1v) is 7.97. The Hall–Kier alpha value is -0.220. The van der Waals surface area contributed by atoms with E-state index in [1.54, 1.807) is 0 Å². The van der Waals surface area contributed by atoms with Gasteiger partial charge in [0.15, 0.2) is 0 Å². The molecule has 0 radical (unpaired) electrons. The zero-order valence-corrected chi connectivity index (χ0v) is 12.3. The lowest BCUT2D eigenvalue weighted by molar-refractivity contribution is -0.132. The van der Waals surface area contributed by atoms with Crippen LogP contribution in [0.25, 0.3) is 0 Å². The maximum Gasteiger partial charge on any atom is 0.241 e. The van der Waals surface area contributed by atoms with E-state index in [4.69, 9.17) is 0 Å². The molecule has 0 aliphatic carbocycles. The second-order valence-electron chi connectivity index (χ2n) is 4.63. The Kier molecular flexibility index (Phi) is 6.34. The van der Waals surface area contributed by atoms with Crippen LogP contribution in [-0.2, 0) is 4.79 Å². The lowest BCUT2D eigenvalue weighted by atomic mass is 10.2. The van der Waals surface area contributed by atoms with E-state index in [1.165, 1.54) is 0 Å². The predicted molar refractivity (Wildman–Crippen MR) is 75.2 cm³/mol. The summed E-state index contributed by atoms with van der Waals surface area (Å²) in [6.45, 7) is 8.57. The minimum Gasteiger partial charge on any atom is -0.323 e. The molecule has 100 valence electrons. The SMILES string of the molecule is CCSCCC(C)N1C(=O)C(CC)NC1CC. The summed E-state index contributed by atoms with van der Waals surface area (Å²) in [6, 6.07) is 0.400. The first-order valence-electron chi connectivity index (χ1n) is 6.81. The molecule has 3 atom stereocenters. The van der Waals surface area contributed by atoms with Crippen LogP contribution in [0.2, 0.25) is 0 Å². The van der Waals surface area contributed by atoms with Crippen molar-refractivity contribution in [2.45, 2.75) is 65.2 Å². The normalized spacial score (nSPS) is 26.6. The summed E-state index contributed by atoms with van der Waals surface area (Å²) in [5.74, 6) is 2.61. The van der Waals surface area contributed by atoms with Gasteiger partial charge in [-0.05, 0) is 37.7 Å². The van der Waals surface area contributed by atoms with Crippen LogP contribution >= 0.6 is 11.8 Å². The minimum absolute atomic E-state index is 0.0428. The molecule has 1 aliphatic heterocycles. The molecule has 0 aromatic rings. The van der Waals surface area contributed by atoms with Crippen molar-refractivity contribution in [3.05, 3.63) is 0 Å². The van der Waals surface area contributed by atoms with Crippen LogP contribution in [-0.4, -0.2) is 40.6 Å². The van der Waals surface area contributed by atoms with Crippen molar-refractivity contribution < 1.29 is 4.79 Å². The Morgan fingerprint density at radius 3 is 2.59 bits per heavy atom. The van der Waals surface area contributed by atoms with Crippen molar-refractivity contribution in [2.75, 3.05) is 11.5 Å². The molecule has 3 nitrogen and oxygen atoms in total. The summed E-state index contributed by atoms with van der Waals surface area (Å²) in [5.41, 5.74) is 0. The molecule has 0 spiro atoms. The average molecular weight is 258 g/mol. The molecule has 1 fully saturated rings. The van der Waals surface area contributed by atoms with E-state index >= 15 is 0 Å². The van der Waals surface area contributed by atoms with E-state index in [9.17, 15) is 4.79 Å². The summed E-state index contributed by atoms with van der Waals surface area (Å²) in [5, 5.41) is 3.43. The minimum atomic E-state index is 0.0428. The lowest BCUT2D eigenvalue weighted by Gasteiger charge is -2.29. The first-order chi connectivity index (χ1) is 8.15. The van der Waals surface area contributed by atoms with Gasteiger partial charge in [0.1, 0.15) is 0 Å². The van der Waals surface area contributed by atoms with Gasteiger partial charge in [-0.1, -0.05) is 20.8 Å². The van der Waals surface area contributed by atoms with Crippen molar-refractivity contribution >= 4 is 17.7 Å². The van der Waals surface area contributed by atoms with E-state index in [-0.39, 0.29) is 12.2 Å². The Morgan fingerprint density at radius 2 is 2.06 bits per heavy atom. The van der Waals surface area contributed by atoms with Gasteiger partial charge < -0.3 is 4.90 Å². The molecule has 1 N–H and O–H groups in total. The number of nitrogens with zero attached hydrogens (tertiary/aromatic N) is 1. The summed E-state index contributed by atoms with van der Waals surface area (Å²) in [6.07, 6.45) is 3.23. The topological polar surface area (TPSA) is 32.3 Å². The zero-order chi connectivity index (χ0) is 12.8. The van der Waals surface area contributed by atoms with Gasteiger partial charge in [0.05, 0.1) is 12.2 Å². The standard InChI is InChI=1S/C13H26N2OS/c1-5-11-13(16)15(12(6-2)14-11)10(4)8-9-17-7-3/h10-12,14H,5-9H2,1-4H3. The van der Waals surface area contributed by atoms with Crippen molar-refractivity contribution in [3.63, 3.8) is 0 Å². The first kappa shape index (κ1) is 14.8. The van der Waals surface area contributed by atoms with Crippen LogP contribution in [0, 0.1) is 0 Å². The number of carbonyl (C=O) groups excluding carboxylic acids is 1. The molecule has 0 bridgehead atoms. The zero-order valence-electron chi connectivity index (χ0n) is 11.5. The van der Waals surface area contributed by atoms with E-state index in [1.807, 2.05) is 11.8 Å². The van der Waals surface area contributed by atoms with Gasteiger partial charge in [0, 0.05) is 6.04 Å². The molecule has 1 saturated heterocycles. The number of thioether (sulfide) groups is 1. The third-order valence-corrected chi connectivity index (χ3v) is 4.37. The fourth-order valence-electron chi connectivity index (χ4n) is 2.39. The highest BCUT2D eigenvalue weighted by atomic mass is 32.2. The van der Waals surface area contributed by atoms with E-state index in [0.717, 1.165) is 30.8 Å². The fourth-order valence-corrected chi connectivity index (χ4v) is 3.18. The van der Waals surface area contributed by atoms with Crippen LogP contribution < -0.4 is 5.32 Å². The molecule has 0 aromatic carbocycles. The summed E-state index contributed by atoms with van der Waals surface area (Å²) in [4.78, 5) is 14.3. The third kappa shape index (κ3) is 3.62. The second kappa shape index (κ2) is 7.27. The van der Waals surface area contributed by atoms with Gasteiger partial charge in [-0.2, -0.15) is 11.8 Å². The largest absolute Gasteiger partial charge is 0.323 e. The van der Waals surface area contributed by atoms with Gasteiger partial charge in [0.2, 0.25) is 5.91 Å². The molecule has 4 heteroatoms. The van der Waals surface area contributed by atoms with Gasteiger partial charge in [0.25, 0.3) is 0 Å². The smallest absolute Gasteiger partial charge is 0.241 e. The molecule has 3 unspecified atom stereocenters. The highest BCUT2D eigenvalue weighted by Gasteiger charge is 2.38. The van der Waals surface area contributed by atoms with E-state index in [2.05, 4.69) is 37.9 Å². The molecule has 1 heterocycles. The maximum absolute atomic E-state index is 12.2. The molecular formula is C13H26N2OS. The van der Waals surface area contributed by atoms with Crippen molar-refractivity contribution in [2.24, 2.45) is 0 Å². The summed E-state index contributed by atoms with van der Waals surface area (Å²) < 4.78 is 0. The van der Waals surface area contributed by atoms with Crippen molar-refractivity contribution in [1.29, 1.82) is 0 Å². The Balaban J connectivity index is 2.56. The monoisotopic (exact) mass is 258 g/mol. The summed E-state index contributed by atoms with van der Waals surface area (Å²) >= 11 is 1.95. The van der Waals surface area contributed by atoms with Crippen LogP contribution in [0.5, 0.6) is 0 Å². The van der Waals surface area contributed by atoms with Gasteiger partial charge in [-0.25, -0.2) is 0 Å². The second-order valence-corrected chi connectivity index (χ2v) is 6.03. The molecule has 1 rings (SSSR count). The lowest BCUT2D eigenvalue weighted by Crippen LogP contribution is -2.43. The third-order valence-electron chi connectivity index (χ3n) is 3.44. The number of nitrogens with one attached hydrogen (secondary N) is 1. The molecule has 1 amide bonds. The quantitative estimate of drug-likeness (QED) is 0.712. The van der Waals surface area contributed by atoms with Crippen LogP contribution in [0.3, 0.4) is 0 Å². The van der Waals surface area contributed by atoms with E-state index in [0.29, 0.717) is 11.9 Å². The Labute approximate surface area is 110 Å². The number of rotatable bonds is 7. The average Bonchev–Trinajstić information content (AvgIpc) is 2.65. The molecular weight excluding hydrogens is 232 g/mol. The molecule has 0 saturated carbocycles. The van der Waals surface area contributed by atoms with Gasteiger partial charge in [-0.15, -0.1) is 0 Å². The summed E-state index contributed by atoms with van der Waals surface area (Å²) in [7, 11) is 0. The van der Waals surface area contributed by atoms with Crippen LogP contribution in [0.15, 0.2) is 0 Å². The van der Waals surface area contributed by atoms with Crippen molar-refractivity contribution in [1.82, 2.24) is 10.2 Å². The number of hydrogen-bond acceptors (Lipinski definition) is 3. The predicted octanol–water partition coefficient (Wildman–Crippen LogP) is 2.46. The highest BCUT2D eigenvalue weighted by Crippen LogP contribution is 2.21. The van der Waals surface area contributed by atoms with E-state index < -0.39 is 0 Å². The van der Waals surface area contributed by atoms with Crippen LogP contribution in [0.4, 0.5) is 0 Å². The van der Waals surface area contributed by atoms with Crippen LogP contribution in [0.1, 0.15) is 47.0 Å². The Bertz CT molecular complexity index is 248. The fraction of sp³-hybridized carbons (Fsp3) is 0.923. The molecule has 17 heavy (non-hydrogen) atoms. The molecule has 0 aromatic heterocycles.